The third-order valence-electron chi connectivity index (χ3n) is 3.81. The van der Waals surface area contributed by atoms with Crippen LogP contribution >= 0.6 is 0 Å². The predicted octanol–water partition coefficient (Wildman–Crippen LogP) is 1.03. The average Bonchev–Trinajstić information content (AvgIpc) is 2.94. The molecule has 2 amide bonds. The molecule has 1 N–H and O–H groups in total. The van der Waals surface area contributed by atoms with Gasteiger partial charge in [-0.05, 0) is 24.8 Å². The first kappa shape index (κ1) is 15.5. The van der Waals surface area contributed by atoms with Gasteiger partial charge in [-0.25, -0.2) is 0 Å². The summed E-state index contributed by atoms with van der Waals surface area (Å²) >= 11 is 0. The van der Waals surface area contributed by atoms with E-state index in [1.807, 2.05) is 19.2 Å². The average molecular weight is 292 g/mol. The minimum Gasteiger partial charge on any atom is -0.343 e. The van der Waals surface area contributed by atoms with Crippen LogP contribution in [0.3, 0.4) is 0 Å². The Morgan fingerprint density at radius 2 is 2.10 bits per heavy atom. The van der Waals surface area contributed by atoms with Gasteiger partial charge in [0, 0.05) is 18.9 Å². The highest BCUT2D eigenvalue weighted by atomic mass is 16.2. The molecule has 1 aromatic heterocycles. The molecule has 1 aliphatic heterocycles. The van der Waals surface area contributed by atoms with Gasteiger partial charge in [-0.15, -0.1) is 0 Å². The smallest absolute Gasteiger partial charge is 0.245 e. The second kappa shape index (κ2) is 6.74. The van der Waals surface area contributed by atoms with Crippen LogP contribution in [0.25, 0.3) is 0 Å². The maximum atomic E-state index is 12.5. The van der Waals surface area contributed by atoms with E-state index in [9.17, 15) is 9.59 Å². The molecular formula is C15H24N4O2. The lowest BCUT2D eigenvalue weighted by Crippen LogP contribution is -2.63. The number of piperazine rings is 1. The highest BCUT2D eigenvalue weighted by Crippen LogP contribution is 2.18. The van der Waals surface area contributed by atoms with Gasteiger partial charge in [0.1, 0.15) is 12.1 Å². The molecule has 0 aromatic carbocycles. The van der Waals surface area contributed by atoms with Crippen molar-refractivity contribution in [3.05, 3.63) is 18.5 Å². The van der Waals surface area contributed by atoms with E-state index in [1.165, 1.54) is 0 Å². The fourth-order valence-electron chi connectivity index (χ4n) is 2.69. The molecule has 0 bridgehead atoms. The van der Waals surface area contributed by atoms with Crippen LogP contribution in [0.15, 0.2) is 18.5 Å². The standard InChI is InChI=1S/C15H24N4O2/c1-4-12-15(21)19(9-8-18-7-5-6-16-18)13(10-11(2)3)14(20)17-12/h5-7,11-13H,4,8-10H2,1-3H3,(H,17,20). The van der Waals surface area contributed by atoms with E-state index in [-0.39, 0.29) is 17.9 Å². The van der Waals surface area contributed by atoms with Crippen molar-refractivity contribution in [3.8, 4) is 0 Å². The molecule has 21 heavy (non-hydrogen) atoms. The van der Waals surface area contributed by atoms with Crippen molar-refractivity contribution < 1.29 is 9.59 Å². The van der Waals surface area contributed by atoms with Crippen LogP contribution in [0.4, 0.5) is 0 Å². The molecule has 2 heterocycles. The molecule has 6 heteroatoms. The number of nitrogens with one attached hydrogen (secondary N) is 1. The molecule has 1 fully saturated rings. The van der Waals surface area contributed by atoms with Crippen LogP contribution in [0.2, 0.25) is 0 Å². The summed E-state index contributed by atoms with van der Waals surface area (Å²) in [4.78, 5) is 26.6. The van der Waals surface area contributed by atoms with E-state index >= 15 is 0 Å². The molecule has 1 saturated heterocycles. The van der Waals surface area contributed by atoms with E-state index in [0.29, 0.717) is 31.8 Å². The number of hydrogen-bond donors (Lipinski definition) is 1. The lowest BCUT2D eigenvalue weighted by molar-refractivity contribution is -0.150. The largest absolute Gasteiger partial charge is 0.343 e. The first-order valence-corrected chi connectivity index (χ1v) is 7.61. The number of carbonyl (C=O) groups excluding carboxylic acids is 2. The lowest BCUT2D eigenvalue weighted by Gasteiger charge is -2.39. The number of hydrogen-bond acceptors (Lipinski definition) is 3. The van der Waals surface area contributed by atoms with Gasteiger partial charge in [0.15, 0.2) is 0 Å². The van der Waals surface area contributed by atoms with Crippen molar-refractivity contribution in [1.82, 2.24) is 20.0 Å². The molecule has 2 atom stereocenters. The minimum absolute atomic E-state index is 0.0231. The van der Waals surface area contributed by atoms with Gasteiger partial charge in [0.25, 0.3) is 0 Å². The number of nitrogens with zero attached hydrogens (tertiary/aromatic N) is 3. The van der Waals surface area contributed by atoms with Crippen molar-refractivity contribution in [3.63, 3.8) is 0 Å². The Balaban J connectivity index is 2.12. The Bertz CT molecular complexity index is 484. The van der Waals surface area contributed by atoms with E-state index in [0.717, 1.165) is 0 Å². The Morgan fingerprint density at radius 3 is 2.67 bits per heavy atom. The molecule has 0 aliphatic carbocycles. The molecule has 0 spiro atoms. The first-order valence-electron chi connectivity index (χ1n) is 7.61. The van der Waals surface area contributed by atoms with Crippen molar-refractivity contribution in [2.45, 2.75) is 52.2 Å². The topological polar surface area (TPSA) is 67.2 Å². The fourth-order valence-corrected chi connectivity index (χ4v) is 2.69. The van der Waals surface area contributed by atoms with Gasteiger partial charge in [0.2, 0.25) is 11.8 Å². The third-order valence-corrected chi connectivity index (χ3v) is 3.81. The normalized spacial score (nSPS) is 22.8. The summed E-state index contributed by atoms with van der Waals surface area (Å²) in [5, 5.41) is 6.99. The molecule has 2 rings (SSSR count). The summed E-state index contributed by atoms with van der Waals surface area (Å²) in [6.45, 7) is 7.17. The quantitative estimate of drug-likeness (QED) is 0.851. The molecule has 0 radical (unpaired) electrons. The zero-order chi connectivity index (χ0) is 15.4. The van der Waals surface area contributed by atoms with E-state index in [1.54, 1.807) is 15.8 Å². The predicted molar refractivity (Wildman–Crippen MR) is 79.4 cm³/mol. The zero-order valence-corrected chi connectivity index (χ0v) is 13.0. The molecule has 116 valence electrons. The van der Waals surface area contributed by atoms with Crippen LogP contribution in [0, 0.1) is 5.92 Å². The Labute approximate surface area is 125 Å². The Kier molecular flexibility index (Phi) is 4.98. The lowest BCUT2D eigenvalue weighted by atomic mass is 9.97. The summed E-state index contributed by atoms with van der Waals surface area (Å²) in [5.74, 6) is 0.351. The highest BCUT2D eigenvalue weighted by molar-refractivity contribution is 5.96. The fraction of sp³-hybridized carbons (Fsp3) is 0.667. The maximum Gasteiger partial charge on any atom is 0.245 e. The summed E-state index contributed by atoms with van der Waals surface area (Å²) in [6.07, 6.45) is 4.89. The first-order chi connectivity index (χ1) is 10.0. The monoisotopic (exact) mass is 292 g/mol. The van der Waals surface area contributed by atoms with E-state index < -0.39 is 6.04 Å². The molecule has 1 aliphatic rings. The molecule has 1 aromatic rings. The van der Waals surface area contributed by atoms with Gasteiger partial charge < -0.3 is 10.2 Å². The van der Waals surface area contributed by atoms with Crippen molar-refractivity contribution in [1.29, 1.82) is 0 Å². The van der Waals surface area contributed by atoms with Crippen LogP contribution < -0.4 is 5.32 Å². The maximum absolute atomic E-state index is 12.5. The van der Waals surface area contributed by atoms with Crippen molar-refractivity contribution >= 4 is 11.8 Å². The number of amides is 2. The highest BCUT2D eigenvalue weighted by Gasteiger charge is 2.39. The summed E-state index contributed by atoms with van der Waals surface area (Å²) in [5.41, 5.74) is 0. The van der Waals surface area contributed by atoms with E-state index in [4.69, 9.17) is 0 Å². The van der Waals surface area contributed by atoms with Crippen LogP contribution in [-0.4, -0.2) is 45.1 Å². The van der Waals surface area contributed by atoms with Crippen LogP contribution in [0.5, 0.6) is 0 Å². The van der Waals surface area contributed by atoms with Gasteiger partial charge in [-0.3, -0.25) is 14.3 Å². The second-order valence-electron chi connectivity index (χ2n) is 5.92. The van der Waals surface area contributed by atoms with Gasteiger partial charge in [-0.2, -0.15) is 5.10 Å². The Hall–Kier alpha value is -1.85. The number of carbonyl (C=O) groups is 2. The second-order valence-corrected chi connectivity index (χ2v) is 5.92. The van der Waals surface area contributed by atoms with Gasteiger partial charge >= 0.3 is 0 Å². The van der Waals surface area contributed by atoms with Crippen molar-refractivity contribution in [2.75, 3.05) is 6.54 Å². The van der Waals surface area contributed by atoms with Gasteiger partial charge in [-0.1, -0.05) is 20.8 Å². The van der Waals surface area contributed by atoms with E-state index in [2.05, 4.69) is 24.3 Å². The van der Waals surface area contributed by atoms with Gasteiger partial charge in [0.05, 0.1) is 6.54 Å². The SMILES string of the molecule is CCC1NC(=O)C(CC(C)C)N(CCn2cccn2)C1=O. The summed E-state index contributed by atoms with van der Waals surface area (Å²) < 4.78 is 1.78. The minimum atomic E-state index is -0.390. The summed E-state index contributed by atoms with van der Waals surface area (Å²) in [6, 6.07) is 1.10. The Morgan fingerprint density at radius 1 is 1.33 bits per heavy atom. The molecule has 6 nitrogen and oxygen atoms in total. The van der Waals surface area contributed by atoms with Crippen molar-refractivity contribution in [2.24, 2.45) is 5.92 Å². The molecular weight excluding hydrogens is 268 g/mol. The zero-order valence-electron chi connectivity index (χ0n) is 13.0. The third kappa shape index (κ3) is 3.62. The van der Waals surface area contributed by atoms with Crippen LogP contribution in [0.1, 0.15) is 33.6 Å². The van der Waals surface area contributed by atoms with Crippen LogP contribution in [-0.2, 0) is 16.1 Å². The number of rotatable bonds is 6. The molecule has 2 unspecified atom stereocenters. The summed E-state index contributed by atoms with van der Waals surface area (Å²) in [7, 11) is 0. The number of aromatic nitrogens is 2. The molecule has 0 saturated carbocycles.